The van der Waals surface area contributed by atoms with Crippen LogP contribution in [0.15, 0.2) is 29.2 Å². The zero-order chi connectivity index (χ0) is 14.3. The van der Waals surface area contributed by atoms with Gasteiger partial charge in [-0.25, -0.2) is 0 Å². The summed E-state index contributed by atoms with van der Waals surface area (Å²) in [5, 5.41) is 13.1. The number of aliphatic hydroxyl groups is 1. The standard InChI is InChI=1S/C16H27NOS/c1-13(2)11-17-12-14-5-7-15(8-6-14)19-10-9-16(3,4)18/h5-8,13,17-18H,9-12H2,1-4H3. The second kappa shape index (κ2) is 7.93. The van der Waals surface area contributed by atoms with Gasteiger partial charge in [0.1, 0.15) is 0 Å². The molecule has 0 aromatic heterocycles. The fourth-order valence-corrected chi connectivity index (χ4v) is 2.79. The lowest BCUT2D eigenvalue weighted by molar-refractivity contribution is 0.0778. The molecule has 0 atom stereocenters. The molecule has 0 heterocycles. The largest absolute Gasteiger partial charge is 0.390 e. The van der Waals surface area contributed by atoms with E-state index in [1.807, 2.05) is 13.8 Å². The van der Waals surface area contributed by atoms with E-state index in [2.05, 4.69) is 43.4 Å². The molecule has 1 aromatic rings. The van der Waals surface area contributed by atoms with Gasteiger partial charge in [0, 0.05) is 17.2 Å². The van der Waals surface area contributed by atoms with Gasteiger partial charge in [0.2, 0.25) is 0 Å². The van der Waals surface area contributed by atoms with Crippen molar-refractivity contribution in [3.8, 4) is 0 Å². The van der Waals surface area contributed by atoms with Crippen LogP contribution in [0.3, 0.4) is 0 Å². The summed E-state index contributed by atoms with van der Waals surface area (Å²) >= 11 is 1.80. The molecule has 0 saturated heterocycles. The molecular formula is C16H27NOS. The van der Waals surface area contributed by atoms with E-state index in [4.69, 9.17) is 0 Å². The summed E-state index contributed by atoms with van der Waals surface area (Å²) in [7, 11) is 0. The lowest BCUT2D eigenvalue weighted by Gasteiger charge is -2.16. The van der Waals surface area contributed by atoms with E-state index < -0.39 is 5.60 Å². The monoisotopic (exact) mass is 281 g/mol. The molecule has 0 aliphatic heterocycles. The fourth-order valence-electron chi connectivity index (χ4n) is 1.63. The summed E-state index contributed by atoms with van der Waals surface area (Å²) in [6, 6.07) is 8.70. The quantitative estimate of drug-likeness (QED) is 0.713. The number of hydrogen-bond acceptors (Lipinski definition) is 3. The van der Waals surface area contributed by atoms with Crippen LogP contribution in [0.4, 0.5) is 0 Å². The number of hydrogen-bond donors (Lipinski definition) is 2. The molecule has 2 nitrogen and oxygen atoms in total. The van der Waals surface area contributed by atoms with Crippen molar-refractivity contribution >= 4 is 11.8 Å². The van der Waals surface area contributed by atoms with Crippen LogP contribution in [-0.2, 0) is 6.54 Å². The molecule has 0 unspecified atom stereocenters. The van der Waals surface area contributed by atoms with Crippen molar-refractivity contribution in [2.75, 3.05) is 12.3 Å². The van der Waals surface area contributed by atoms with Crippen LogP contribution in [0.5, 0.6) is 0 Å². The molecule has 1 rings (SSSR count). The van der Waals surface area contributed by atoms with Crippen molar-refractivity contribution in [3.63, 3.8) is 0 Å². The second-order valence-electron chi connectivity index (χ2n) is 6.08. The Hall–Kier alpha value is -0.510. The Balaban J connectivity index is 2.31. The Kier molecular flexibility index (Phi) is 6.90. The maximum atomic E-state index is 9.66. The number of thioether (sulfide) groups is 1. The Labute approximate surface area is 122 Å². The van der Waals surface area contributed by atoms with Crippen LogP contribution in [0, 0.1) is 5.92 Å². The van der Waals surface area contributed by atoms with Crippen molar-refractivity contribution in [1.82, 2.24) is 5.32 Å². The van der Waals surface area contributed by atoms with Crippen molar-refractivity contribution in [3.05, 3.63) is 29.8 Å². The van der Waals surface area contributed by atoms with Gasteiger partial charge in [-0.2, -0.15) is 0 Å². The smallest absolute Gasteiger partial charge is 0.0599 e. The molecule has 0 fully saturated rings. The zero-order valence-electron chi connectivity index (χ0n) is 12.6. The Bertz CT molecular complexity index is 354. The van der Waals surface area contributed by atoms with E-state index in [0.29, 0.717) is 5.92 Å². The zero-order valence-corrected chi connectivity index (χ0v) is 13.4. The van der Waals surface area contributed by atoms with Crippen LogP contribution < -0.4 is 5.32 Å². The number of rotatable bonds is 8. The van der Waals surface area contributed by atoms with Crippen LogP contribution in [0.1, 0.15) is 39.7 Å². The fraction of sp³-hybridized carbons (Fsp3) is 0.625. The Morgan fingerprint density at radius 3 is 2.37 bits per heavy atom. The molecule has 108 valence electrons. The van der Waals surface area contributed by atoms with Crippen molar-refractivity contribution < 1.29 is 5.11 Å². The second-order valence-corrected chi connectivity index (χ2v) is 7.25. The van der Waals surface area contributed by atoms with Gasteiger partial charge in [0.15, 0.2) is 0 Å². The SMILES string of the molecule is CC(C)CNCc1ccc(SCCC(C)(C)O)cc1. The highest BCUT2D eigenvalue weighted by Gasteiger charge is 2.11. The predicted molar refractivity (Wildman–Crippen MR) is 84.6 cm³/mol. The number of benzene rings is 1. The third-order valence-corrected chi connectivity index (χ3v) is 3.80. The molecule has 0 aliphatic carbocycles. The van der Waals surface area contributed by atoms with Crippen molar-refractivity contribution in [2.45, 2.75) is 51.2 Å². The van der Waals surface area contributed by atoms with E-state index in [0.717, 1.165) is 25.3 Å². The van der Waals surface area contributed by atoms with Gasteiger partial charge in [0.05, 0.1) is 5.60 Å². The molecule has 0 aliphatic rings. The highest BCUT2D eigenvalue weighted by Crippen LogP contribution is 2.22. The highest BCUT2D eigenvalue weighted by atomic mass is 32.2. The van der Waals surface area contributed by atoms with Crippen molar-refractivity contribution in [2.24, 2.45) is 5.92 Å². The average Bonchev–Trinajstić information content (AvgIpc) is 2.29. The first kappa shape index (κ1) is 16.5. The van der Waals surface area contributed by atoms with Gasteiger partial charge in [-0.1, -0.05) is 26.0 Å². The first-order valence-corrected chi connectivity index (χ1v) is 8.00. The third kappa shape index (κ3) is 8.30. The molecular weight excluding hydrogens is 254 g/mol. The minimum Gasteiger partial charge on any atom is -0.390 e. The van der Waals surface area contributed by atoms with Gasteiger partial charge in [0.25, 0.3) is 0 Å². The number of nitrogens with one attached hydrogen (secondary N) is 1. The van der Waals surface area contributed by atoms with Gasteiger partial charge in [-0.15, -0.1) is 11.8 Å². The average molecular weight is 281 g/mol. The third-order valence-electron chi connectivity index (χ3n) is 2.79. The van der Waals surface area contributed by atoms with Crippen LogP contribution in [-0.4, -0.2) is 23.0 Å². The summed E-state index contributed by atoms with van der Waals surface area (Å²) in [4.78, 5) is 1.27. The molecule has 0 saturated carbocycles. The predicted octanol–water partition coefficient (Wildman–Crippen LogP) is 3.69. The van der Waals surface area contributed by atoms with Gasteiger partial charge < -0.3 is 10.4 Å². The summed E-state index contributed by atoms with van der Waals surface area (Å²) in [6.45, 7) is 10.1. The molecule has 0 bridgehead atoms. The van der Waals surface area contributed by atoms with E-state index >= 15 is 0 Å². The maximum Gasteiger partial charge on any atom is 0.0599 e. The minimum atomic E-state index is -0.562. The Morgan fingerprint density at radius 2 is 1.84 bits per heavy atom. The normalized spacial score (nSPS) is 12.1. The summed E-state index contributed by atoms with van der Waals surface area (Å²) < 4.78 is 0. The molecule has 1 aromatic carbocycles. The van der Waals surface area contributed by atoms with Gasteiger partial charge in [-0.05, 0) is 50.4 Å². The first-order valence-electron chi connectivity index (χ1n) is 7.01. The highest BCUT2D eigenvalue weighted by molar-refractivity contribution is 7.99. The minimum absolute atomic E-state index is 0.562. The summed E-state index contributed by atoms with van der Waals surface area (Å²) in [5.41, 5.74) is 0.765. The van der Waals surface area contributed by atoms with Gasteiger partial charge in [-0.3, -0.25) is 0 Å². The van der Waals surface area contributed by atoms with Crippen molar-refractivity contribution in [1.29, 1.82) is 0 Å². The van der Waals surface area contributed by atoms with Crippen LogP contribution in [0.2, 0.25) is 0 Å². The lowest BCUT2D eigenvalue weighted by Crippen LogP contribution is -2.19. The molecule has 3 heteroatoms. The molecule has 0 radical (unpaired) electrons. The molecule has 0 spiro atoms. The van der Waals surface area contributed by atoms with Crippen LogP contribution >= 0.6 is 11.8 Å². The summed E-state index contributed by atoms with van der Waals surface area (Å²) in [6.07, 6.45) is 0.815. The summed E-state index contributed by atoms with van der Waals surface area (Å²) in [5.74, 6) is 1.64. The van der Waals surface area contributed by atoms with E-state index in [-0.39, 0.29) is 0 Å². The molecule has 2 N–H and O–H groups in total. The lowest BCUT2D eigenvalue weighted by atomic mass is 10.1. The first-order chi connectivity index (χ1) is 8.87. The van der Waals surface area contributed by atoms with E-state index in [1.54, 1.807) is 11.8 Å². The molecule has 0 amide bonds. The van der Waals surface area contributed by atoms with E-state index in [1.165, 1.54) is 10.5 Å². The molecule has 19 heavy (non-hydrogen) atoms. The maximum absolute atomic E-state index is 9.66. The van der Waals surface area contributed by atoms with E-state index in [9.17, 15) is 5.11 Å². The topological polar surface area (TPSA) is 32.3 Å². The Morgan fingerprint density at radius 1 is 1.21 bits per heavy atom. The van der Waals surface area contributed by atoms with Gasteiger partial charge >= 0.3 is 0 Å². The van der Waals surface area contributed by atoms with Crippen LogP contribution in [0.25, 0.3) is 0 Å².